The van der Waals surface area contributed by atoms with Crippen molar-refractivity contribution in [1.82, 2.24) is 20.5 Å². The number of amides is 2. The third kappa shape index (κ3) is 3.65. The molecule has 0 aliphatic carbocycles. The Balaban J connectivity index is 1.61. The Morgan fingerprint density at radius 1 is 1.29 bits per heavy atom. The van der Waals surface area contributed by atoms with Crippen molar-refractivity contribution < 1.29 is 27.3 Å². The van der Waals surface area contributed by atoms with Crippen LogP contribution < -0.4 is 5.32 Å². The van der Waals surface area contributed by atoms with Crippen molar-refractivity contribution in [3.63, 3.8) is 0 Å². The number of alkyl halides is 3. The molecule has 3 rings (SSSR count). The molecule has 10 heteroatoms. The highest BCUT2D eigenvalue weighted by atomic mass is 19.4. The predicted molar refractivity (Wildman–Crippen MR) is 74.2 cm³/mol. The van der Waals surface area contributed by atoms with Crippen LogP contribution in [0.3, 0.4) is 0 Å². The van der Waals surface area contributed by atoms with Gasteiger partial charge in [-0.25, -0.2) is 9.86 Å². The molecule has 0 radical (unpaired) electrons. The summed E-state index contributed by atoms with van der Waals surface area (Å²) >= 11 is 0. The maximum Gasteiger partial charge on any atom is 0.471 e. The van der Waals surface area contributed by atoms with Gasteiger partial charge in [-0.05, 0) is 12.0 Å². The van der Waals surface area contributed by atoms with Gasteiger partial charge < -0.3 is 9.84 Å². The lowest BCUT2D eigenvalue weighted by Crippen LogP contribution is -2.36. The molecule has 1 aromatic heterocycles. The summed E-state index contributed by atoms with van der Waals surface area (Å²) in [4.78, 5) is 20.2. The number of halogens is 3. The maximum absolute atomic E-state index is 12.4. The monoisotopic (exact) mass is 342 g/mol. The molecule has 0 bridgehead atoms. The third-order valence-corrected chi connectivity index (χ3v) is 3.30. The van der Waals surface area contributed by atoms with Crippen molar-refractivity contribution in [2.75, 3.05) is 13.2 Å². The molecule has 1 N–H and O–H groups in total. The van der Waals surface area contributed by atoms with Crippen LogP contribution in [0.25, 0.3) is 11.4 Å². The molecule has 0 spiro atoms. The zero-order valence-corrected chi connectivity index (χ0v) is 12.3. The Hall–Kier alpha value is -2.62. The smallest absolute Gasteiger partial charge is 0.332 e. The number of carbonyl (C=O) groups is 1. The summed E-state index contributed by atoms with van der Waals surface area (Å²) in [5, 5.41) is 7.25. The minimum Gasteiger partial charge on any atom is -0.332 e. The molecule has 2 heterocycles. The Morgan fingerprint density at radius 3 is 2.62 bits per heavy atom. The molecule has 1 saturated heterocycles. The molecule has 128 valence electrons. The molecule has 1 aliphatic rings. The lowest BCUT2D eigenvalue weighted by Gasteiger charge is -2.14. The maximum atomic E-state index is 12.4. The Bertz CT molecular complexity index is 709. The molecule has 0 unspecified atom stereocenters. The molecule has 1 aliphatic heterocycles. The van der Waals surface area contributed by atoms with Crippen LogP contribution in [0.15, 0.2) is 28.8 Å². The molecule has 1 aromatic carbocycles. The highest BCUT2D eigenvalue weighted by Gasteiger charge is 2.38. The molecule has 2 aromatic rings. The van der Waals surface area contributed by atoms with Crippen LogP contribution in [-0.4, -0.2) is 34.4 Å². The lowest BCUT2D eigenvalue weighted by atomic mass is 10.1. The molecule has 24 heavy (non-hydrogen) atoms. The summed E-state index contributed by atoms with van der Waals surface area (Å²) in [7, 11) is 0. The van der Waals surface area contributed by atoms with Gasteiger partial charge in [0.15, 0.2) is 0 Å². The van der Waals surface area contributed by atoms with Crippen molar-refractivity contribution in [2.45, 2.75) is 19.1 Å². The van der Waals surface area contributed by atoms with Crippen LogP contribution >= 0.6 is 0 Å². The van der Waals surface area contributed by atoms with E-state index in [0.29, 0.717) is 18.7 Å². The van der Waals surface area contributed by atoms with Gasteiger partial charge in [0, 0.05) is 12.1 Å². The van der Waals surface area contributed by atoms with E-state index in [1.165, 1.54) is 5.06 Å². The number of carbonyl (C=O) groups excluding carboxylic acids is 1. The Labute approximate surface area is 134 Å². The van der Waals surface area contributed by atoms with Gasteiger partial charge in [0.05, 0.1) is 13.2 Å². The largest absolute Gasteiger partial charge is 0.471 e. The van der Waals surface area contributed by atoms with Gasteiger partial charge in [0.2, 0.25) is 5.82 Å². The molecule has 0 atom stereocenters. The second-order valence-electron chi connectivity index (χ2n) is 5.07. The summed E-state index contributed by atoms with van der Waals surface area (Å²) in [5.41, 5.74) is 1.15. The van der Waals surface area contributed by atoms with E-state index in [0.717, 1.165) is 12.0 Å². The molecule has 0 saturated carbocycles. The van der Waals surface area contributed by atoms with Crippen molar-refractivity contribution in [3.8, 4) is 11.4 Å². The second-order valence-corrected chi connectivity index (χ2v) is 5.07. The standard InChI is InChI=1S/C14H13F3N4O3/c15-14(16,17)12-19-11(20-24-12)10-4-2-9(3-5-10)8-18-13(22)21-6-1-7-23-21/h2-5H,1,6-8H2,(H,18,22). The fourth-order valence-electron chi connectivity index (χ4n) is 2.10. The number of urea groups is 1. The number of rotatable bonds is 3. The fraction of sp³-hybridized carbons (Fsp3) is 0.357. The highest BCUT2D eigenvalue weighted by Crippen LogP contribution is 2.29. The first-order valence-electron chi connectivity index (χ1n) is 7.12. The lowest BCUT2D eigenvalue weighted by molar-refractivity contribution is -0.159. The number of nitrogens with one attached hydrogen (secondary N) is 1. The average Bonchev–Trinajstić information content (AvgIpc) is 3.23. The number of hydrogen-bond acceptors (Lipinski definition) is 5. The van der Waals surface area contributed by atoms with Gasteiger partial charge in [-0.3, -0.25) is 4.84 Å². The zero-order chi connectivity index (χ0) is 17.2. The normalized spacial score (nSPS) is 14.9. The third-order valence-electron chi connectivity index (χ3n) is 3.30. The van der Waals surface area contributed by atoms with Crippen LogP contribution in [0.5, 0.6) is 0 Å². The van der Waals surface area contributed by atoms with Gasteiger partial charge in [-0.2, -0.15) is 18.2 Å². The van der Waals surface area contributed by atoms with E-state index in [-0.39, 0.29) is 18.4 Å². The fourth-order valence-corrected chi connectivity index (χ4v) is 2.10. The highest BCUT2D eigenvalue weighted by molar-refractivity contribution is 5.73. The van der Waals surface area contributed by atoms with E-state index >= 15 is 0 Å². The molecular formula is C14H13F3N4O3. The number of benzene rings is 1. The SMILES string of the molecule is O=C(NCc1ccc(-c2noc(C(F)(F)F)n2)cc1)N1CCCO1. The van der Waals surface area contributed by atoms with E-state index in [4.69, 9.17) is 4.84 Å². The summed E-state index contributed by atoms with van der Waals surface area (Å²) in [5.74, 6) is -1.54. The van der Waals surface area contributed by atoms with E-state index in [1.54, 1.807) is 24.3 Å². The Kier molecular flexibility index (Phi) is 4.38. The average molecular weight is 342 g/mol. The molecular weight excluding hydrogens is 329 g/mol. The molecule has 2 amide bonds. The van der Waals surface area contributed by atoms with E-state index in [1.807, 2.05) is 0 Å². The van der Waals surface area contributed by atoms with Crippen LogP contribution in [-0.2, 0) is 17.6 Å². The van der Waals surface area contributed by atoms with E-state index < -0.39 is 12.1 Å². The van der Waals surface area contributed by atoms with Gasteiger partial charge in [0.25, 0.3) is 0 Å². The van der Waals surface area contributed by atoms with E-state index in [2.05, 4.69) is 20.0 Å². The second kappa shape index (κ2) is 6.48. The predicted octanol–water partition coefficient (Wildman–Crippen LogP) is 2.60. The van der Waals surface area contributed by atoms with Crippen LogP contribution in [0, 0.1) is 0 Å². The van der Waals surface area contributed by atoms with Crippen LogP contribution in [0.4, 0.5) is 18.0 Å². The van der Waals surface area contributed by atoms with Crippen LogP contribution in [0.2, 0.25) is 0 Å². The van der Waals surface area contributed by atoms with Gasteiger partial charge >= 0.3 is 18.1 Å². The first-order chi connectivity index (χ1) is 11.4. The summed E-state index contributed by atoms with van der Waals surface area (Å²) in [6, 6.07) is 6.09. The van der Waals surface area contributed by atoms with Crippen molar-refractivity contribution in [3.05, 3.63) is 35.7 Å². The number of hydrogen-bond donors (Lipinski definition) is 1. The van der Waals surface area contributed by atoms with Gasteiger partial charge in [-0.15, -0.1) is 0 Å². The minimum atomic E-state index is -4.67. The minimum absolute atomic E-state index is 0.150. The first-order valence-corrected chi connectivity index (χ1v) is 7.12. The van der Waals surface area contributed by atoms with Crippen molar-refractivity contribution >= 4 is 6.03 Å². The van der Waals surface area contributed by atoms with Gasteiger partial charge in [-0.1, -0.05) is 29.4 Å². The summed E-state index contributed by atoms with van der Waals surface area (Å²) < 4.78 is 41.5. The summed E-state index contributed by atoms with van der Waals surface area (Å²) in [6.07, 6.45) is -3.88. The van der Waals surface area contributed by atoms with E-state index in [9.17, 15) is 18.0 Å². The van der Waals surface area contributed by atoms with Gasteiger partial charge in [0.1, 0.15) is 0 Å². The number of nitrogens with zero attached hydrogens (tertiary/aromatic N) is 3. The first kappa shape index (κ1) is 16.2. The number of aromatic nitrogens is 2. The van der Waals surface area contributed by atoms with Crippen molar-refractivity contribution in [2.24, 2.45) is 0 Å². The Morgan fingerprint density at radius 2 is 2.04 bits per heavy atom. The van der Waals surface area contributed by atoms with Crippen molar-refractivity contribution in [1.29, 1.82) is 0 Å². The molecule has 7 nitrogen and oxygen atoms in total. The quantitative estimate of drug-likeness (QED) is 0.927. The number of hydroxylamine groups is 2. The topological polar surface area (TPSA) is 80.5 Å². The molecule has 1 fully saturated rings. The summed E-state index contributed by atoms with van der Waals surface area (Å²) in [6.45, 7) is 1.33. The van der Waals surface area contributed by atoms with Crippen LogP contribution in [0.1, 0.15) is 17.9 Å². The zero-order valence-electron chi connectivity index (χ0n) is 12.3.